The first-order chi connectivity index (χ1) is 11.0. The number of hydrogen-bond donors (Lipinski definition) is 3. The molecule has 0 aliphatic rings. The van der Waals surface area contributed by atoms with Crippen molar-refractivity contribution >= 4 is 35.1 Å². The summed E-state index contributed by atoms with van der Waals surface area (Å²) in [6.07, 6.45) is 0. The van der Waals surface area contributed by atoms with Crippen LogP contribution < -0.4 is 11.5 Å². The summed E-state index contributed by atoms with van der Waals surface area (Å²) in [5, 5.41) is 9.39. The van der Waals surface area contributed by atoms with Crippen molar-refractivity contribution in [2.24, 2.45) is 16.5 Å². The Morgan fingerprint density at radius 3 is 2.26 bits per heavy atom. The van der Waals surface area contributed by atoms with E-state index in [0.717, 1.165) is 11.1 Å². The highest BCUT2D eigenvalue weighted by molar-refractivity contribution is 6.31. The minimum atomic E-state index is -0.157. The third-order valence-corrected chi connectivity index (χ3v) is 3.76. The molecule has 23 heavy (non-hydrogen) atoms. The molecular weight excluding hydrogens is 333 g/mol. The lowest BCUT2D eigenvalue weighted by Crippen LogP contribution is -2.32. The summed E-state index contributed by atoms with van der Waals surface area (Å²) >= 11 is 12.1. The number of aliphatic imine (C=N–C) groups is 1. The first-order valence-corrected chi connectivity index (χ1v) is 7.62. The summed E-state index contributed by atoms with van der Waals surface area (Å²) in [7, 11) is 0. The first kappa shape index (κ1) is 17.1. The summed E-state index contributed by atoms with van der Waals surface area (Å²) in [6, 6.07) is 14.9. The van der Waals surface area contributed by atoms with Gasteiger partial charge in [-0.15, -0.1) is 0 Å². The van der Waals surface area contributed by atoms with E-state index in [4.69, 9.17) is 40.1 Å². The van der Waals surface area contributed by atoms with Gasteiger partial charge < -0.3 is 16.4 Å². The van der Waals surface area contributed by atoms with Crippen molar-refractivity contribution in [2.45, 2.75) is 13.1 Å². The zero-order valence-electron chi connectivity index (χ0n) is 12.3. The van der Waals surface area contributed by atoms with E-state index < -0.39 is 0 Å². The predicted molar refractivity (Wildman–Crippen MR) is 95.7 cm³/mol. The molecular formula is C16H17Cl2N5. The highest BCUT2D eigenvalue weighted by atomic mass is 35.5. The van der Waals surface area contributed by atoms with Crippen molar-refractivity contribution in [3.8, 4) is 0 Å². The highest BCUT2D eigenvalue weighted by Gasteiger charge is 2.13. The summed E-state index contributed by atoms with van der Waals surface area (Å²) in [6.45, 7) is 0.871. The second kappa shape index (κ2) is 7.85. The second-order valence-corrected chi connectivity index (χ2v) is 5.78. The predicted octanol–water partition coefficient (Wildman–Crippen LogP) is 3.20. The molecule has 0 aliphatic heterocycles. The number of guanidine groups is 2. The van der Waals surface area contributed by atoms with Crippen LogP contribution >= 0.6 is 23.2 Å². The maximum atomic E-state index is 8.10. The van der Waals surface area contributed by atoms with Gasteiger partial charge in [-0.3, -0.25) is 5.41 Å². The van der Waals surface area contributed by atoms with Crippen molar-refractivity contribution in [3.05, 3.63) is 69.7 Å². The Labute approximate surface area is 145 Å². The van der Waals surface area contributed by atoms with Crippen molar-refractivity contribution in [2.75, 3.05) is 0 Å². The molecule has 2 aromatic carbocycles. The van der Waals surface area contributed by atoms with Crippen LogP contribution in [0.1, 0.15) is 11.1 Å². The molecule has 5 N–H and O–H groups in total. The van der Waals surface area contributed by atoms with Gasteiger partial charge in [0, 0.05) is 23.1 Å². The molecule has 0 spiro atoms. The summed E-state index contributed by atoms with van der Waals surface area (Å²) < 4.78 is 0. The number of rotatable bonds is 4. The quantitative estimate of drug-likeness (QED) is 0.584. The molecule has 0 unspecified atom stereocenters. The van der Waals surface area contributed by atoms with Crippen LogP contribution in [-0.2, 0) is 13.1 Å². The average molecular weight is 350 g/mol. The molecule has 0 atom stereocenters. The number of hydrogen-bond acceptors (Lipinski definition) is 1. The summed E-state index contributed by atoms with van der Waals surface area (Å²) in [5.41, 5.74) is 12.6. The lowest BCUT2D eigenvalue weighted by molar-refractivity contribution is 0.399. The van der Waals surface area contributed by atoms with Gasteiger partial charge >= 0.3 is 0 Å². The standard InChI is InChI=1S/C16H17Cl2N5/c17-13-7-5-11(6-8-13)9-23(16(21)22-15(19)20)10-12-3-1-2-4-14(12)18/h1-8H,9-10H2,(H5,19,20,21,22). The molecule has 0 saturated heterocycles. The van der Waals surface area contributed by atoms with E-state index >= 15 is 0 Å². The first-order valence-electron chi connectivity index (χ1n) is 6.86. The van der Waals surface area contributed by atoms with Gasteiger partial charge in [-0.05, 0) is 29.3 Å². The van der Waals surface area contributed by atoms with E-state index in [2.05, 4.69) is 4.99 Å². The SMILES string of the molecule is N=C(N=C(N)N)N(Cc1ccc(Cl)cc1)Cc1ccccc1Cl. The van der Waals surface area contributed by atoms with Crippen molar-refractivity contribution in [3.63, 3.8) is 0 Å². The van der Waals surface area contributed by atoms with E-state index in [1.165, 1.54) is 0 Å². The molecule has 2 aromatic rings. The van der Waals surface area contributed by atoms with Crippen LogP contribution in [0.3, 0.4) is 0 Å². The zero-order chi connectivity index (χ0) is 16.8. The van der Waals surface area contributed by atoms with Gasteiger partial charge in [0.05, 0.1) is 0 Å². The second-order valence-electron chi connectivity index (χ2n) is 4.93. The number of nitrogens with zero attached hydrogens (tertiary/aromatic N) is 2. The number of benzene rings is 2. The maximum Gasteiger partial charge on any atom is 0.221 e. The number of halogens is 2. The minimum Gasteiger partial charge on any atom is -0.370 e. The van der Waals surface area contributed by atoms with Gasteiger partial charge in [0.25, 0.3) is 0 Å². The third-order valence-electron chi connectivity index (χ3n) is 3.14. The number of nitrogens with one attached hydrogen (secondary N) is 1. The molecule has 7 heteroatoms. The molecule has 0 heterocycles. The lowest BCUT2D eigenvalue weighted by atomic mass is 10.1. The Morgan fingerprint density at radius 1 is 1.00 bits per heavy atom. The third kappa shape index (κ3) is 5.16. The van der Waals surface area contributed by atoms with Crippen molar-refractivity contribution in [1.29, 1.82) is 5.41 Å². The Hall–Kier alpha value is -2.24. The Balaban J connectivity index is 2.24. The molecule has 5 nitrogen and oxygen atoms in total. The van der Waals surface area contributed by atoms with E-state index in [9.17, 15) is 0 Å². The van der Waals surface area contributed by atoms with Gasteiger partial charge in [-0.2, -0.15) is 4.99 Å². The average Bonchev–Trinajstić information content (AvgIpc) is 2.50. The van der Waals surface area contributed by atoms with Crippen LogP contribution in [-0.4, -0.2) is 16.8 Å². The lowest BCUT2D eigenvalue weighted by Gasteiger charge is -2.23. The van der Waals surface area contributed by atoms with Crippen molar-refractivity contribution in [1.82, 2.24) is 4.90 Å². The van der Waals surface area contributed by atoms with Gasteiger partial charge in [0.1, 0.15) is 0 Å². The Bertz CT molecular complexity index is 709. The molecule has 0 aliphatic carbocycles. The molecule has 0 bridgehead atoms. The molecule has 120 valence electrons. The largest absolute Gasteiger partial charge is 0.370 e. The fourth-order valence-electron chi connectivity index (χ4n) is 2.04. The Morgan fingerprint density at radius 2 is 1.65 bits per heavy atom. The fourth-order valence-corrected chi connectivity index (χ4v) is 2.36. The van der Waals surface area contributed by atoms with E-state index in [1.54, 1.807) is 17.0 Å². The normalized spacial score (nSPS) is 10.2. The van der Waals surface area contributed by atoms with Crippen LogP contribution in [0.25, 0.3) is 0 Å². The molecule has 0 amide bonds. The monoisotopic (exact) mass is 349 g/mol. The topological polar surface area (TPSA) is 91.5 Å². The smallest absolute Gasteiger partial charge is 0.221 e. The van der Waals surface area contributed by atoms with Crippen LogP contribution in [0, 0.1) is 5.41 Å². The van der Waals surface area contributed by atoms with E-state index in [-0.39, 0.29) is 11.9 Å². The van der Waals surface area contributed by atoms with Crippen molar-refractivity contribution < 1.29 is 0 Å². The molecule has 0 saturated carbocycles. The van der Waals surface area contributed by atoms with Crippen LogP contribution in [0.5, 0.6) is 0 Å². The summed E-state index contributed by atoms with van der Waals surface area (Å²) in [5.74, 6) is -0.185. The van der Waals surface area contributed by atoms with E-state index in [1.807, 2.05) is 36.4 Å². The van der Waals surface area contributed by atoms with Crippen LogP contribution in [0.15, 0.2) is 53.5 Å². The zero-order valence-corrected chi connectivity index (χ0v) is 13.8. The summed E-state index contributed by atoms with van der Waals surface area (Å²) in [4.78, 5) is 5.56. The molecule has 0 fully saturated rings. The molecule has 0 radical (unpaired) electrons. The maximum absolute atomic E-state index is 8.10. The van der Waals surface area contributed by atoms with Crippen LogP contribution in [0.4, 0.5) is 0 Å². The molecule has 0 aromatic heterocycles. The Kier molecular flexibility index (Phi) is 5.84. The van der Waals surface area contributed by atoms with Gasteiger partial charge in [0.2, 0.25) is 5.96 Å². The minimum absolute atomic E-state index is 0.0279. The van der Waals surface area contributed by atoms with Gasteiger partial charge in [0.15, 0.2) is 5.96 Å². The van der Waals surface area contributed by atoms with Gasteiger partial charge in [-0.25, -0.2) is 0 Å². The highest BCUT2D eigenvalue weighted by Crippen LogP contribution is 2.19. The number of nitrogens with two attached hydrogens (primary N) is 2. The molecule has 2 rings (SSSR count). The van der Waals surface area contributed by atoms with E-state index in [0.29, 0.717) is 23.1 Å². The van der Waals surface area contributed by atoms with Gasteiger partial charge in [-0.1, -0.05) is 53.5 Å². The fraction of sp³-hybridized carbons (Fsp3) is 0.125. The van der Waals surface area contributed by atoms with Crippen LogP contribution in [0.2, 0.25) is 10.0 Å².